The summed E-state index contributed by atoms with van der Waals surface area (Å²) in [6.07, 6.45) is 1.15. The minimum atomic E-state index is -0.444. The Balaban J connectivity index is 1.53. The van der Waals surface area contributed by atoms with E-state index < -0.39 is 5.63 Å². The zero-order chi connectivity index (χ0) is 22.0. The normalized spacial score (nSPS) is 14.5. The fourth-order valence-electron chi connectivity index (χ4n) is 4.00. The van der Waals surface area contributed by atoms with Crippen molar-refractivity contribution in [2.45, 2.75) is 19.8 Å². The number of fused-ring (bicyclic) bond motifs is 1. The van der Waals surface area contributed by atoms with Crippen molar-refractivity contribution in [1.82, 2.24) is 4.90 Å². The molecule has 0 bridgehead atoms. The highest BCUT2D eigenvalue weighted by molar-refractivity contribution is 5.95. The summed E-state index contributed by atoms with van der Waals surface area (Å²) in [6, 6.07) is 14.7. The summed E-state index contributed by atoms with van der Waals surface area (Å²) >= 11 is 0. The zero-order valence-corrected chi connectivity index (χ0v) is 17.3. The lowest BCUT2D eigenvalue weighted by atomic mass is 9.96. The van der Waals surface area contributed by atoms with Gasteiger partial charge >= 0.3 is 5.63 Å². The van der Waals surface area contributed by atoms with E-state index in [-0.39, 0.29) is 24.3 Å². The van der Waals surface area contributed by atoms with Crippen molar-refractivity contribution in [3.8, 4) is 16.9 Å². The molecular formula is C24H24N2O5. The molecule has 160 valence electrons. The number of benzene rings is 2. The quantitative estimate of drug-likeness (QED) is 0.640. The van der Waals surface area contributed by atoms with E-state index in [4.69, 9.17) is 14.9 Å². The van der Waals surface area contributed by atoms with Crippen LogP contribution in [-0.4, -0.2) is 36.4 Å². The van der Waals surface area contributed by atoms with E-state index in [9.17, 15) is 14.4 Å². The Morgan fingerprint density at radius 1 is 1.13 bits per heavy atom. The third-order valence-electron chi connectivity index (χ3n) is 5.80. The number of amides is 2. The molecule has 7 heteroatoms. The second-order valence-electron chi connectivity index (χ2n) is 7.76. The Morgan fingerprint density at radius 3 is 2.52 bits per heavy atom. The summed E-state index contributed by atoms with van der Waals surface area (Å²) < 4.78 is 11.3. The number of aryl methyl sites for hydroxylation is 1. The van der Waals surface area contributed by atoms with Crippen LogP contribution in [0.1, 0.15) is 18.4 Å². The van der Waals surface area contributed by atoms with Gasteiger partial charge < -0.3 is 19.8 Å². The molecule has 0 radical (unpaired) electrons. The second-order valence-corrected chi connectivity index (χ2v) is 7.76. The molecule has 0 aliphatic carbocycles. The Bertz CT molecular complexity index is 1180. The van der Waals surface area contributed by atoms with Crippen molar-refractivity contribution in [3.63, 3.8) is 0 Å². The summed E-state index contributed by atoms with van der Waals surface area (Å²) in [6.45, 7) is 2.65. The number of hydrogen-bond acceptors (Lipinski definition) is 5. The summed E-state index contributed by atoms with van der Waals surface area (Å²) in [5.74, 6) is -0.149. The van der Waals surface area contributed by atoms with E-state index in [0.29, 0.717) is 42.8 Å². The van der Waals surface area contributed by atoms with Crippen molar-refractivity contribution >= 4 is 22.8 Å². The molecule has 1 aliphatic heterocycles. The van der Waals surface area contributed by atoms with Crippen LogP contribution in [0.4, 0.5) is 0 Å². The molecule has 1 fully saturated rings. The van der Waals surface area contributed by atoms with Crippen molar-refractivity contribution in [2.75, 3.05) is 19.7 Å². The lowest BCUT2D eigenvalue weighted by molar-refractivity contribution is -0.136. The van der Waals surface area contributed by atoms with Crippen LogP contribution in [0, 0.1) is 12.8 Å². The highest BCUT2D eigenvalue weighted by atomic mass is 16.5. The predicted molar refractivity (Wildman–Crippen MR) is 117 cm³/mol. The van der Waals surface area contributed by atoms with Gasteiger partial charge in [-0.1, -0.05) is 30.3 Å². The average molecular weight is 420 g/mol. The molecule has 1 aliphatic rings. The maximum atomic E-state index is 12.5. The molecule has 2 aromatic carbocycles. The Hall–Kier alpha value is -3.61. The van der Waals surface area contributed by atoms with Gasteiger partial charge in [0.25, 0.3) is 5.91 Å². The van der Waals surface area contributed by atoms with Crippen LogP contribution in [0.15, 0.2) is 57.7 Å². The number of piperidine rings is 1. The molecule has 3 aromatic rings. The largest absolute Gasteiger partial charge is 0.483 e. The van der Waals surface area contributed by atoms with Crippen LogP contribution in [0.2, 0.25) is 0 Å². The number of hydrogen-bond donors (Lipinski definition) is 1. The van der Waals surface area contributed by atoms with Crippen molar-refractivity contribution in [2.24, 2.45) is 11.7 Å². The van der Waals surface area contributed by atoms with Gasteiger partial charge in [-0.3, -0.25) is 9.59 Å². The monoisotopic (exact) mass is 420 g/mol. The van der Waals surface area contributed by atoms with Gasteiger partial charge in [0.2, 0.25) is 5.91 Å². The maximum absolute atomic E-state index is 12.5. The van der Waals surface area contributed by atoms with Gasteiger partial charge in [0.05, 0.1) is 0 Å². The molecule has 2 N–H and O–H groups in total. The van der Waals surface area contributed by atoms with Crippen LogP contribution >= 0.6 is 0 Å². The third-order valence-corrected chi connectivity index (χ3v) is 5.80. The Kier molecular flexibility index (Phi) is 5.75. The number of carbonyl (C=O) groups excluding carboxylic acids is 2. The van der Waals surface area contributed by atoms with Gasteiger partial charge in [-0.2, -0.15) is 0 Å². The van der Waals surface area contributed by atoms with Gasteiger partial charge in [-0.15, -0.1) is 0 Å². The number of ether oxygens (including phenoxy) is 1. The van der Waals surface area contributed by atoms with E-state index in [1.807, 2.05) is 36.4 Å². The molecule has 0 saturated carbocycles. The highest BCUT2D eigenvalue weighted by Crippen LogP contribution is 2.33. The summed E-state index contributed by atoms with van der Waals surface area (Å²) in [5, 5.41) is 0.801. The van der Waals surface area contributed by atoms with Gasteiger partial charge in [-0.05, 0) is 43.0 Å². The van der Waals surface area contributed by atoms with Gasteiger partial charge in [-0.25, -0.2) is 4.79 Å². The summed E-state index contributed by atoms with van der Waals surface area (Å²) in [4.78, 5) is 37.7. The van der Waals surface area contributed by atoms with Crippen LogP contribution in [0.3, 0.4) is 0 Å². The Labute approximate surface area is 179 Å². The van der Waals surface area contributed by atoms with Crippen LogP contribution in [0.5, 0.6) is 5.75 Å². The van der Waals surface area contributed by atoms with Gasteiger partial charge in [0, 0.05) is 36.0 Å². The molecule has 2 heterocycles. The lowest BCUT2D eigenvalue weighted by Gasteiger charge is -2.30. The number of likely N-dealkylation sites (tertiary alicyclic amines) is 1. The van der Waals surface area contributed by atoms with Gasteiger partial charge in [0.1, 0.15) is 11.3 Å². The zero-order valence-electron chi connectivity index (χ0n) is 17.3. The van der Waals surface area contributed by atoms with Crippen LogP contribution in [-0.2, 0) is 9.59 Å². The molecule has 1 saturated heterocycles. The van der Waals surface area contributed by atoms with Crippen molar-refractivity contribution < 1.29 is 18.7 Å². The number of primary amides is 1. The third kappa shape index (κ3) is 4.30. The molecular weight excluding hydrogens is 396 g/mol. The molecule has 0 spiro atoms. The molecule has 31 heavy (non-hydrogen) atoms. The number of nitrogens with zero attached hydrogens (tertiary/aromatic N) is 1. The van der Waals surface area contributed by atoms with E-state index >= 15 is 0 Å². The minimum absolute atomic E-state index is 0.129. The smallest absolute Gasteiger partial charge is 0.336 e. The molecule has 1 aromatic heterocycles. The lowest BCUT2D eigenvalue weighted by Crippen LogP contribution is -2.43. The predicted octanol–water partition coefficient (Wildman–Crippen LogP) is 2.87. The minimum Gasteiger partial charge on any atom is -0.483 e. The number of carbonyl (C=O) groups is 2. The molecule has 7 nitrogen and oxygen atoms in total. The first-order valence-corrected chi connectivity index (χ1v) is 10.3. The first-order valence-electron chi connectivity index (χ1n) is 10.3. The molecule has 2 amide bonds. The first kappa shape index (κ1) is 20.7. The first-order chi connectivity index (χ1) is 14.9. The molecule has 0 unspecified atom stereocenters. The highest BCUT2D eigenvalue weighted by Gasteiger charge is 2.26. The topological polar surface area (TPSA) is 103 Å². The average Bonchev–Trinajstić information content (AvgIpc) is 2.79. The maximum Gasteiger partial charge on any atom is 0.336 e. The van der Waals surface area contributed by atoms with Crippen molar-refractivity contribution in [3.05, 3.63) is 64.5 Å². The summed E-state index contributed by atoms with van der Waals surface area (Å²) in [5.41, 5.74) is 7.71. The Morgan fingerprint density at radius 2 is 1.84 bits per heavy atom. The van der Waals surface area contributed by atoms with Crippen LogP contribution in [0.25, 0.3) is 22.1 Å². The standard InChI is InChI=1S/C24H24N2O5/c1-15-20(30-14-21(27)26-11-9-17(10-12-26)24(25)29)8-7-18-19(13-22(28)31-23(15)18)16-5-3-2-4-6-16/h2-8,13,17H,9-12,14H2,1H3,(H2,25,29). The second kappa shape index (κ2) is 8.63. The SMILES string of the molecule is Cc1c(OCC(=O)N2CCC(C(N)=O)CC2)ccc2c(-c3ccccc3)cc(=O)oc12. The van der Waals surface area contributed by atoms with Crippen molar-refractivity contribution in [1.29, 1.82) is 0 Å². The summed E-state index contributed by atoms with van der Waals surface area (Å²) in [7, 11) is 0. The van der Waals surface area contributed by atoms with E-state index in [0.717, 1.165) is 16.5 Å². The van der Waals surface area contributed by atoms with E-state index in [2.05, 4.69) is 0 Å². The van der Waals surface area contributed by atoms with Crippen LogP contribution < -0.4 is 16.1 Å². The van der Waals surface area contributed by atoms with E-state index in [1.165, 1.54) is 6.07 Å². The number of rotatable bonds is 5. The molecule has 0 atom stereocenters. The number of nitrogens with two attached hydrogens (primary N) is 1. The molecule has 4 rings (SSSR count). The van der Waals surface area contributed by atoms with E-state index in [1.54, 1.807) is 17.9 Å². The fraction of sp³-hybridized carbons (Fsp3) is 0.292. The fourth-order valence-corrected chi connectivity index (χ4v) is 4.00. The van der Waals surface area contributed by atoms with Gasteiger partial charge in [0.15, 0.2) is 6.61 Å².